The molecule has 234 valence electrons. The Morgan fingerprint density at radius 2 is 1.74 bits per heavy atom. The van der Waals surface area contributed by atoms with E-state index in [1.54, 1.807) is 6.20 Å². The lowest BCUT2D eigenvalue weighted by Crippen LogP contribution is -2.54. The Morgan fingerprint density at radius 1 is 1.02 bits per heavy atom. The molecular formula is C35H48N2O5S. The van der Waals surface area contributed by atoms with Crippen molar-refractivity contribution < 1.29 is 24.2 Å². The smallest absolute Gasteiger partial charge is 0.319 e. The molecule has 2 unspecified atom stereocenters. The Bertz CT molecular complexity index is 1190. The van der Waals surface area contributed by atoms with Gasteiger partial charge in [0.05, 0.1) is 23.7 Å². The van der Waals surface area contributed by atoms with Gasteiger partial charge in [0.15, 0.2) is 0 Å². The lowest BCUT2D eigenvalue weighted by atomic mass is 9.81. The van der Waals surface area contributed by atoms with Crippen LogP contribution in [0.2, 0.25) is 0 Å². The van der Waals surface area contributed by atoms with Gasteiger partial charge < -0.3 is 19.5 Å². The standard InChI is InChI=1S/C35H48N2O5S/c1-24-11-13-25(14-12-24)33(38)37(26-15-17-28(18-16-26)42-31-10-6-7-21-36-31)30-22-29(43-32(30)34(39)40)19-20-35(2,3)23-41-27-8-4-5-9-27/h6-7,10,21-22,24-28,30,32H,4-5,8-9,11-18,23H2,1-3H3,(H,39,40). The van der Waals surface area contributed by atoms with Crippen LogP contribution < -0.4 is 4.74 Å². The zero-order valence-corrected chi connectivity index (χ0v) is 26.8. The molecule has 1 aromatic rings. The van der Waals surface area contributed by atoms with E-state index in [1.807, 2.05) is 29.2 Å². The van der Waals surface area contributed by atoms with Crippen molar-refractivity contribution in [3.05, 3.63) is 35.4 Å². The molecule has 8 heteroatoms. The Kier molecular flexibility index (Phi) is 10.8. The third-order valence-electron chi connectivity index (χ3n) is 9.54. The number of pyridine rings is 1. The molecule has 3 fully saturated rings. The third kappa shape index (κ3) is 8.57. The molecule has 0 saturated heterocycles. The Hall–Kier alpha value is -2.50. The van der Waals surface area contributed by atoms with E-state index in [0.29, 0.717) is 24.5 Å². The minimum atomic E-state index is -0.894. The Labute approximate surface area is 261 Å². The van der Waals surface area contributed by atoms with Gasteiger partial charge in [-0.2, -0.15) is 0 Å². The molecule has 3 aliphatic carbocycles. The van der Waals surface area contributed by atoms with Crippen LogP contribution >= 0.6 is 11.8 Å². The van der Waals surface area contributed by atoms with Gasteiger partial charge in [0.2, 0.25) is 11.8 Å². The molecule has 43 heavy (non-hydrogen) atoms. The van der Waals surface area contributed by atoms with E-state index in [1.165, 1.54) is 24.6 Å². The molecule has 5 rings (SSSR count). The molecule has 0 spiro atoms. The molecule has 0 aromatic carbocycles. The van der Waals surface area contributed by atoms with Crippen LogP contribution in [0.4, 0.5) is 0 Å². The van der Waals surface area contributed by atoms with Crippen molar-refractivity contribution in [2.24, 2.45) is 17.3 Å². The number of thioether (sulfide) groups is 1. The predicted molar refractivity (Wildman–Crippen MR) is 170 cm³/mol. The quantitative estimate of drug-likeness (QED) is 0.306. The largest absolute Gasteiger partial charge is 0.480 e. The van der Waals surface area contributed by atoms with Crippen molar-refractivity contribution in [2.75, 3.05) is 6.61 Å². The number of carboxylic acids is 1. The zero-order chi connectivity index (χ0) is 30.4. The Morgan fingerprint density at radius 3 is 2.40 bits per heavy atom. The van der Waals surface area contributed by atoms with Crippen molar-refractivity contribution in [2.45, 2.75) is 127 Å². The summed E-state index contributed by atoms with van der Waals surface area (Å²) in [5.74, 6) is 7.09. The van der Waals surface area contributed by atoms with Gasteiger partial charge >= 0.3 is 5.97 Å². The maximum Gasteiger partial charge on any atom is 0.319 e. The summed E-state index contributed by atoms with van der Waals surface area (Å²) in [5, 5.41) is 9.56. The average molecular weight is 609 g/mol. The van der Waals surface area contributed by atoms with Crippen LogP contribution in [-0.2, 0) is 14.3 Å². The van der Waals surface area contributed by atoms with E-state index in [-0.39, 0.29) is 29.4 Å². The monoisotopic (exact) mass is 608 g/mol. The SMILES string of the molecule is CC1CCC(C(=O)N(C2CCC(Oc3ccccn3)CC2)C2C=C(C#CC(C)(C)COC3CCCC3)SC2C(=O)O)CC1. The minimum Gasteiger partial charge on any atom is -0.480 e. The number of aliphatic carboxylic acids is 1. The summed E-state index contributed by atoms with van der Waals surface area (Å²) in [6, 6.07) is 5.11. The highest BCUT2D eigenvalue weighted by molar-refractivity contribution is 8.05. The van der Waals surface area contributed by atoms with Gasteiger partial charge in [-0.3, -0.25) is 9.59 Å². The second-order valence-corrected chi connectivity index (χ2v) is 14.9. The number of amides is 1. The van der Waals surface area contributed by atoms with Crippen LogP contribution in [0.15, 0.2) is 35.4 Å². The number of carbonyl (C=O) groups is 2. The van der Waals surface area contributed by atoms with Crippen molar-refractivity contribution in [3.63, 3.8) is 0 Å². The highest BCUT2D eigenvalue weighted by atomic mass is 32.2. The number of hydrogen-bond donors (Lipinski definition) is 1. The topological polar surface area (TPSA) is 89.0 Å². The van der Waals surface area contributed by atoms with Gasteiger partial charge in [0, 0.05) is 29.6 Å². The van der Waals surface area contributed by atoms with Gasteiger partial charge in [-0.25, -0.2) is 4.98 Å². The van der Waals surface area contributed by atoms with Gasteiger partial charge in [0.1, 0.15) is 11.4 Å². The highest BCUT2D eigenvalue weighted by Gasteiger charge is 2.45. The highest BCUT2D eigenvalue weighted by Crippen LogP contribution is 2.41. The maximum atomic E-state index is 14.3. The van der Waals surface area contributed by atoms with Crippen LogP contribution in [0.3, 0.4) is 0 Å². The van der Waals surface area contributed by atoms with Gasteiger partial charge in [-0.05, 0) is 96.1 Å². The second kappa shape index (κ2) is 14.5. The zero-order valence-electron chi connectivity index (χ0n) is 26.0. The van der Waals surface area contributed by atoms with Crippen LogP contribution in [-0.4, -0.2) is 63.0 Å². The third-order valence-corrected chi connectivity index (χ3v) is 10.8. The van der Waals surface area contributed by atoms with Crippen molar-refractivity contribution in [1.29, 1.82) is 0 Å². The molecule has 7 nitrogen and oxygen atoms in total. The fourth-order valence-electron chi connectivity index (χ4n) is 6.95. The lowest BCUT2D eigenvalue weighted by Gasteiger charge is -2.43. The molecule has 2 heterocycles. The molecular weight excluding hydrogens is 560 g/mol. The predicted octanol–water partition coefficient (Wildman–Crippen LogP) is 6.87. The number of allylic oxidation sites excluding steroid dienone is 1. The van der Waals surface area contributed by atoms with Gasteiger partial charge in [0.25, 0.3) is 0 Å². The molecule has 1 aromatic heterocycles. The summed E-state index contributed by atoms with van der Waals surface area (Å²) in [6.45, 7) is 6.96. The van der Waals surface area contributed by atoms with E-state index in [2.05, 4.69) is 37.6 Å². The molecule has 2 atom stereocenters. The first kappa shape index (κ1) is 31.9. The first-order valence-electron chi connectivity index (χ1n) is 16.3. The fraction of sp³-hybridized carbons (Fsp3) is 0.686. The van der Waals surface area contributed by atoms with E-state index in [4.69, 9.17) is 9.47 Å². The van der Waals surface area contributed by atoms with Crippen molar-refractivity contribution >= 4 is 23.6 Å². The van der Waals surface area contributed by atoms with E-state index in [9.17, 15) is 14.7 Å². The van der Waals surface area contributed by atoms with Crippen molar-refractivity contribution in [1.82, 2.24) is 9.88 Å². The van der Waals surface area contributed by atoms with Crippen LogP contribution in [0.25, 0.3) is 0 Å². The summed E-state index contributed by atoms with van der Waals surface area (Å²) < 4.78 is 12.3. The summed E-state index contributed by atoms with van der Waals surface area (Å²) >= 11 is 1.29. The summed E-state index contributed by atoms with van der Waals surface area (Å²) in [5.41, 5.74) is -0.346. The van der Waals surface area contributed by atoms with Gasteiger partial charge in [-0.15, -0.1) is 0 Å². The summed E-state index contributed by atoms with van der Waals surface area (Å²) in [7, 11) is 0. The molecule has 4 aliphatic rings. The molecule has 1 amide bonds. The number of hydrogen-bond acceptors (Lipinski definition) is 6. The maximum absolute atomic E-state index is 14.3. The van der Waals surface area contributed by atoms with Crippen LogP contribution in [0.1, 0.15) is 97.8 Å². The van der Waals surface area contributed by atoms with E-state index >= 15 is 0 Å². The molecule has 1 N–H and O–H groups in total. The molecule has 1 aliphatic heterocycles. The van der Waals surface area contributed by atoms with Crippen molar-refractivity contribution in [3.8, 4) is 17.7 Å². The first-order valence-corrected chi connectivity index (χ1v) is 17.2. The first-order chi connectivity index (χ1) is 20.7. The number of rotatable bonds is 9. The number of aromatic nitrogens is 1. The number of ether oxygens (including phenoxy) is 2. The lowest BCUT2D eigenvalue weighted by molar-refractivity contribution is -0.144. The second-order valence-electron chi connectivity index (χ2n) is 13.7. The Balaban J connectivity index is 1.33. The molecule has 0 bridgehead atoms. The average Bonchev–Trinajstić information content (AvgIpc) is 3.68. The minimum absolute atomic E-state index is 0.0253. The summed E-state index contributed by atoms with van der Waals surface area (Å²) in [6.07, 6.45) is 15.7. The van der Waals surface area contributed by atoms with E-state index < -0.39 is 17.3 Å². The normalized spacial score (nSPS) is 29.8. The van der Waals surface area contributed by atoms with E-state index in [0.717, 1.165) is 69.1 Å². The fourth-order valence-corrected chi connectivity index (χ4v) is 8.00. The number of nitrogens with zero attached hydrogens (tertiary/aromatic N) is 2. The van der Waals surface area contributed by atoms with Crippen LogP contribution in [0, 0.1) is 29.1 Å². The van der Waals surface area contributed by atoms with Crippen LogP contribution in [0.5, 0.6) is 5.88 Å². The number of carbonyl (C=O) groups excluding carboxylic acids is 1. The molecule has 3 saturated carbocycles. The number of carboxylic acid groups (broad SMARTS) is 1. The van der Waals surface area contributed by atoms with Gasteiger partial charge in [-0.1, -0.05) is 49.4 Å². The summed E-state index contributed by atoms with van der Waals surface area (Å²) in [4.78, 5) is 33.9. The molecule has 0 radical (unpaired) electrons.